The highest BCUT2D eigenvalue weighted by molar-refractivity contribution is 6.32. The monoisotopic (exact) mass is 318 g/mol. The summed E-state index contributed by atoms with van der Waals surface area (Å²) in [6.07, 6.45) is 0. The minimum absolute atomic E-state index is 0.335. The summed E-state index contributed by atoms with van der Waals surface area (Å²) in [5.74, 6) is -0.165. The summed E-state index contributed by atoms with van der Waals surface area (Å²) >= 11 is 6.01. The van der Waals surface area contributed by atoms with Crippen LogP contribution < -0.4 is 10.1 Å². The van der Waals surface area contributed by atoms with Crippen molar-refractivity contribution in [3.63, 3.8) is 0 Å². The average Bonchev–Trinajstić information content (AvgIpc) is 2.90. The van der Waals surface area contributed by atoms with Crippen LogP contribution in [-0.4, -0.2) is 18.0 Å². The number of carbonyl (C=O) groups is 1. The summed E-state index contributed by atoms with van der Waals surface area (Å²) in [5.41, 5.74) is 1.45. The summed E-state index contributed by atoms with van der Waals surface area (Å²) in [4.78, 5) is 15.1. The number of amides is 1. The summed E-state index contributed by atoms with van der Waals surface area (Å²) in [6, 6.07) is 10.9. The molecule has 0 atom stereocenters. The molecule has 0 saturated heterocycles. The van der Waals surface area contributed by atoms with Gasteiger partial charge in [0, 0.05) is 16.6 Å². The van der Waals surface area contributed by atoms with E-state index >= 15 is 0 Å². The second-order valence-electron chi connectivity index (χ2n) is 4.72. The van der Waals surface area contributed by atoms with E-state index in [1.165, 1.54) is 19.2 Å². The lowest BCUT2D eigenvalue weighted by molar-refractivity contribution is 0.102. The number of aromatic amines is 1. The van der Waals surface area contributed by atoms with Gasteiger partial charge in [0.1, 0.15) is 17.3 Å². The first-order valence-electron chi connectivity index (χ1n) is 6.50. The van der Waals surface area contributed by atoms with Crippen LogP contribution in [0.25, 0.3) is 10.9 Å². The van der Waals surface area contributed by atoms with Crippen molar-refractivity contribution in [1.29, 1.82) is 0 Å². The molecule has 0 saturated carbocycles. The topological polar surface area (TPSA) is 54.1 Å². The van der Waals surface area contributed by atoms with E-state index in [9.17, 15) is 9.18 Å². The molecule has 3 aromatic rings. The molecule has 6 heteroatoms. The van der Waals surface area contributed by atoms with E-state index in [2.05, 4.69) is 10.3 Å². The Balaban J connectivity index is 1.85. The number of H-pyrrole nitrogens is 1. The van der Waals surface area contributed by atoms with Crippen molar-refractivity contribution in [2.75, 3.05) is 12.4 Å². The maximum absolute atomic E-state index is 13.2. The summed E-state index contributed by atoms with van der Waals surface area (Å²) in [7, 11) is 1.52. The number of aromatic nitrogens is 1. The predicted octanol–water partition coefficient (Wildman–Crippen LogP) is 4.22. The molecule has 0 bridgehead atoms. The third kappa shape index (κ3) is 2.76. The van der Waals surface area contributed by atoms with Crippen molar-refractivity contribution in [3.05, 3.63) is 59.0 Å². The molecule has 0 radical (unpaired) electrons. The van der Waals surface area contributed by atoms with E-state index in [-0.39, 0.29) is 11.7 Å². The summed E-state index contributed by atoms with van der Waals surface area (Å²) in [5, 5.41) is 3.89. The maximum atomic E-state index is 13.2. The van der Waals surface area contributed by atoms with Gasteiger partial charge in [-0.2, -0.15) is 0 Å². The van der Waals surface area contributed by atoms with E-state index in [0.29, 0.717) is 27.7 Å². The Kier molecular flexibility index (Phi) is 3.73. The molecule has 22 heavy (non-hydrogen) atoms. The molecule has 2 N–H and O–H groups in total. The maximum Gasteiger partial charge on any atom is 0.272 e. The molecule has 0 aliphatic carbocycles. The molecule has 0 unspecified atom stereocenters. The van der Waals surface area contributed by atoms with Gasteiger partial charge in [-0.15, -0.1) is 0 Å². The number of fused-ring (bicyclic) bond motifs is 1. The summed E-state index contributed by atoms with van der Waals surface area (Å²) < 4.78 is 18.2. The van der Waals surface area contributed by atoms with E-state index in [1.807, 2.05) is 0 Å². The Hall–Kier alpha value is -2.53. The van der Waals surface area contributed by atoms with Crippen LogP contribution in [0.15, 0.2) is 42.5 Å². The second-order valence-corrected chi connectivity index (χ2v) is 5.13. The van der Waals surface area contributed by atoms with Gasteiger partial charge in [0.25, 0.3) is 5.91 Å². The molecule has 2 aromatic carbocycles. The zero-order valence-electron chi connectivity index (χ0n) is 11.6. The Morgan fingerprint density at radius 2 is 2.05 bits per heavy atom. The molecular formula is C16H12ClFN2O2. The van der Waals surface area contributed by atoms with Gasteiger partial charge < -0.3 is 15.0 Å². The van der Waals surface area contributed by atoms with Crippen LogP contribution in [0.3, 0.4) is 0 Å². The Bertz CT molecular complexity index is 860. The number of ether oxygens (including phenoxy) is 1. The normalized spacial score (nSPS) is 10.7. The molecule has 4 nitrogen and oxygen atoms in total. The van der Waals surface area contributed by atoms with Crippen LogP contribution in [0.2, 0.25) is 5.02 Å². The molecule has 0 fully saturated rings. The van der Waals surface area contributed by atoms with Crippen molar-refractivity contribution >= 4 is 34.1 Å². The molecular weight excluding hydrogens is 307 g/mol. The zero-order valence-corrected chi connectivity index (χ0v) is 12.4. The first-order valence-corrected chi connectivity index (χ1v) is 6.88. The molecule has 3 rings (SSSR count). The number of halogens is 2. The van der Waals surface area contributed by atoms with Gasteiger partial charge in [-0.1, -0.05) is 11.6 Å². The van der Waals surface area contributed by atoms with Crippen LogP contribution in [0.5, 0.6) is 5.75 Å². The fourth-order valence-electron chi connectivity index (χ4n) is 2.16. The van der Waals surface area contributed by atoms with Crippen LogP contribution in [-0.2, 0) is 0 Å². The van der Waals surface area contributed by atoms with E-state index in [4.69, 9.17) is 16.3 Å². The average molecular weight is 319 g/mol. The predicted molar refractivity (Wildman–Crippen MR) is 84.2 cm³/mol. The third-order valence-electron chi connectivity index (χ3n) is 3.24. The molecule has 1 amide bonds. The lowest BCUT2D eigenvalue weighted by atomic mass is 10.2. The van der Waals surface area contributed by atoms with Gasteiger partial charge in [0.2, 0.25) is 0 Å². The second kappa shape index (κ2) is 5.69. The van der Waals surface area contributed by atoms with Crippen LogP contribution in [0, 0.1) is 5.82 Å². The fraction of sp³-hybridized carbons (Fsp3) is 0.0625. The highest BCUT2D eigenvalue weighted by Crippen LogP contribution is 2.27. The van der Waals surface area contributed by atoms with Crippen molar-refractivity contribution in [3.8, 4) is 5.75 Å². The molecule has 1 aromatic heterocycles. The van der Waals surface area contributed by atoms with Gasteiger partial charge in [-0.25, -0.2) is 4.39 Å². The lowest BCUT2D eigenvalue weighted by Crippen LogP contribution is -2.12. The van der Waals surface area contributed by atoms with Crippen molar-refractivity contribution < 1.29 is 13.9 Å². The third-order valence-corrected chi connectivity index (χ3v) is 3.53. The Morgan fingerprint density at radius 3 is 2.77 bits per heavy atom. The Morgan fingerprint density at radius 1 is 1.23 bits per heavy atom. The molecule has 1 heterocycles. The molecule has 0 aliphatic rings. The number of rotatable bonds is 3. The van der Waals surface area contributed by atoms with Gasteiger partial charge in [-0.3, -0.25) is 4.79 Å². The lowest BCUT2D eigenvalue weighted by Gasteiger charge is -2.07. The molecule has 0 spiro atoms. The Labute approximate surface area is 130 Å². The zero-order chi connectivity index (χ0) is 15.7. The standard InChI is InChI=1S/C16H12ClFN2O2/c1-22-15-5-4-11(8-12(15)17)19-16(21)14-6-9-2-3-10(18)7-13(9)20-14/h2-8,20H,1H3,(H,19,21). The number of benzene rings is 2. The first kappa shape index (κ1) is 14.4. The van der Waals surface area contributed by atoms with Gasteiger partial charge in [-0.05, 0) is 42.5 Å². The number of carbonyl (C=O) groups excluding carboxylic acids is 1. The van der Waals surface area contributed by atoms with Crippen LogP contribution >= 0.6 is 11.6 Å². The fourth-order valence-corrected chi connectivity index (χ4v) is 2.42. The SMILES string of the molecule is COc1ccc(NC(=O)c2cc3ccc(F)cc3[nH]2)cc1Cl. The van der Waals surface area contributed by atoms with Crippen LogP contribution in [0.1, 0.15) is 10.5 Å². The van der Waals surface area contributed by atoms with Crippen LogP contribution in [0.4, 0.5) is 10.1 Å². The minimum atomic E-state index is -0.358. The number of nitrogens with one attached hydrogen (secondary N) is 2. The van der Waals surface area contributed by atoms with Crippen molar-refractivity contribution in [2.45, 2.75) is 0 Å². The van der Waals surface area contributed by atoms with Gasteiger partial charge in [0.05, 0.1) is 12.1 Å². The largest absolute Gasteiger partial charge is 0.495 e. The van der Waals surface area contributed by atoms with Gasteiger partial charge >= 0.3 is 0 Å². The molecule has 0 aliphatic heterocycles. The highest BCUT2D eigenvalue weighted by atomic mass is 35.5. The van der Waals surface area contributed by atoms with Crippen molar-refractivity contribution in [1.82, 2.24) is 4.98 Å². The van der Waals surface area contributed by atoms with Gasteiger partial charge in [0.15, 0.2) is 0 Å². The summed E-state index contributed by atoms with van der Waals surface area (Å²) in [6.45, 7) is 0. The number of hydrogen-bond donors (Lipinski definition) is 2. The van der Waals surface area contributed by atoms with E-state index < -0.39 is 0 Å². The smallest absolute Gasteiger partial charge is 0.272 e. The molecule has 112 valence electrons. The van der Waals surface area contributed by atoms with E-state index in [1.54, 1.807) is 30.3 Å². The minimum Gasteiger partial charge on any atom is -0.495 e. The van der Waals surface area contributed by atoms with E-state index in [0.717, 1.165) is 5.39 Å². The number of anilines is 1. The number of methoxy groups -OCH3 is 1. The number of hydrogen-bond acceptors (Lipinski definition) is 2. The first-order chi connectivity index (χ1) is 10.6. The highest BCUT2D eigenvalue weighted by Gasteiger charge is 2.11. The quantitative estimate of drug-likeness (QED) is 0.759. The van der Waals surface area contributed by atoms with Crippen molar-refractivity contribution in [2.24, 2.45) is 0 Å².